The van der Waals surface area contributed by atoms with Gasteiger partial charge >= 0.3 is 5.97 Å². The molecule has 1 aromatic carbocycles. The Morgan fingerprint density at radius 3 is 2.60 bits per heavy atom. The van der Waals surface area contributed by atoms with Crippen molar-refractivity contribution in [3.05, 3.63) is 35.4 Å². The minimum atomic E-state index is -3.09. The van der Waals surface area contributed by atoms with Crippen molar-refractivity contribution in [2.24, 2.45) is 0 Å². The molecule has 1 aliphatic carbocycles. The van der Waals surface area contributed by atoms with E-state index in [0.717, 1.165) is 12.8 Å². The molecule has 1 saturated carbocycles. The zero-order chi connectivity index (χ0) is 18.0. The Morgan fingerprint density at radius 2 is 2.00 bits per heavy atom. The Kier molecular flexibility index (Phi) is 4.77. The molecule has 132 valence electrons. The maximum atomic E-state index is 12.5. The second kappa shape index (κ2) is 6.84. The molecule has 3 rings (SSSR count). The Balaban J connectivity index is 1.62. The monoisotopic (exact) mass is 362 g/mol. The number of benzene rings is 1. The number of carbonyl (C=O) groups is 2. The molecule has 25 heavy (non-hydrogen) atoms. The molecule has 1 saturated heterocycles. The second-order valence-electron chi connectivity index (χ2n) is 6.36. The molecule has 0 unspecified atom stereocenters. The van der Waals surface area contributed by atoms with Crippen molar-refractivity contribution in [2.45, 2.75) is 31.3 Å². The predicted octanol–water partition coefficient (Wildman–Crippen LogP) is 0.893. The highest BCUT2D eigenvalue weighted by Crippen LogP contribution is 2.32. The van der Waals surface area contributed by atoms with Gasteiger partial charge in [-0.3, -0.25) is 4.79 Å². The van der Waals surface area contributed by atoms with Crippen molar-refractivity contribution in [2.75, 3.05) is 18.1 Å². The molecule has 0 bridgehead atoms. The summed E-state index contributed by atoms with van der Waals surface area (Å²) in [6.45, 7) is -0.428. The van der Waals surface area contributed by atoms with Crippen LogP contribution >= 0.6 is 0 Å². The Bertz CT molecular complexity index is 839. The Labute approximate surface area is 146 Å². The first-order chi connectivity index (χ1) is 11.9. The van der Waals surface area contributed by atoms with E-state index in [1.54, 1.807) is 17.0 Å². The summed E-state index contributed by atoms with van der Waals surface area (Å²) in [6, 6.07) is 7.69. The Morgan fingerprint density at radius 1 is 1.24 bits per heavy atom. The van der Waals surface area contributed by atoms with Gasteiger partial charge in [0, 0.05) is 12.1 Å². The first-order valence-corrected chi connectivity index (χ1v) is 9.90. The van der Waals surface area contributed by atoms with E-state index in [1.807, 2.05) is 6.07 Å². The lowest BCUT2D eigenvalue weighted by Gasteiger charge is -2.28. The van der Waals surface area contributed by atoms with Gasteiger partial charge in [-0.05, 0) is 37.5 Å². The summed E-state index contributed by atoms with van der Waals surface area (Å²) in [5, 5.41) is 8.85. The molecule has 1 aromatic rings. The molecular weight excluding hydrogens is 344 g/mol. The van der Waals surface area contributed by atoms with Crippen LogP contribution in [-0.2, 0) is 19.4 Å². The summed E-state index contributed by atoms with van der Waals surface area (Å²) in [4.78, 5) is 26.1. The van der Waals surface area contributed by atoms with Gasteiger partial charge in [0.2, 0.25) is 0 Å². The second-order valence-corrected chi connectivity index (χ2v) is 8.59. The van der Waals surface area contributed by atoms with E-state index in [1.165, 1.54) is 12.1 Å². The molecule has 8 heteroatoms. The van der Waals surface area contributed by atoms with Gasteiger partial charge in [-0.15, -0.1) is 0 Å². The summed E-state index contributed by atoms with van der Waals surface area (Å²) in [6.07, 6.45) is 2.13. The normalized spacial score (nSPS) is 21.3. The first kappa shape index (κ1) is 17.4. The topological polar surface area (TPSA) is 105 Å². The van der Waals surface area contributed by atoms with E-state index in [4.69, 9.17) is 10.00 Å². The summed E-state index contributed by atoms with van der Waals surface area (Å²) in [7, 11) is -3.09. The lowest BCUT2D eigenvalue weighted by atomic mass is 10.1. The fraction of sp³-hybridized carbons (Fsp3) is 0.471. The van der Waals surface area contributed by atoms with Crippen LogP contribution in [0, 0.1) is 11.3 Å². The molecule has 7 nitrogen and oxygen atoms in total. The van der Waals surface area contributed by atoms with E-state index >= 15 is 0 Å². The number of ether oxygens (including phenoxy) is 1. The number of nitrogens with zero attached hydrogens (tertiary/aromatic N) is 2. The number of esters is 1. The van der Waals surface area contributed by atoms with Gasteiger partial charge in [-0.25, -0.2) is 13.2 Å². The molecule has 2 aliphatic rings. The van der Waals surface area contributed by atoms with Crippen LogP contribution in [0.25, 0.3) is 0 Å². The van der Waals surface area contributed by atoms with Crippen molar-refractivity contribution in [3.63, 3.8) is 0 Å². The molecule has 0 aromatic heterocycles. The number of amides is 1. The third-order valence-corrected chi connectivity index (χ3v) is 6.13. The number of nitriles is 1. The molecule has 0 N–H and O–H groups in total. The zero-order valence-corrected chi connectivity index (χ0v) is 14.4. The number of rotatable bonds is 5. The van der Waals surface area contributed by atoms with Crippen LogP contribution in [0.4, 0.5) is 0 Å². The summed E-state index contributed by atoms with van der Waals surface area (Å²) in [5.74, 6) is -0.975. The highest BCUT2D eigenvalue weighted by atomic mass is 32.2. The van der Waals surface area contributed by atoms with E-state index in [-0.39, 0.29) is 35.1 Å². The molecule has 1 atom stereocenters. The fourth-order valence-electron chi connectivity index (χ4n) is 3.05. The third kappa shape index (κ3) is 4.17. The number of hydrogen-bond acceptors (Lipinski definition) is 6. The average Bonchev–Trinajstić information content (AvgIpc) is 3.36. The molecule has 1 aliphatic heterocycles. The van der Waals surface area contributed by atoms with E-state index in [0.29, 0.717) is 12.0 Å². The third-order valence-electron chi connectivity index (χ3n) is 4.38. The van der Waals surface area contributed by atoms with E-state index in [2.05, 4.69) is 0 Å². The smallest absolute Gasteiger partial charge is 0.338 e. The van der Waals surface area contributed by atoms with Crippen molar-refractivity contribution in [1.82, 2.24) is 4.90 Å². The molecular formula is C17H18N2O5S. The number of sulfone groups is 1. The van der Waals surface area contributed by atoms with Crippen LogP contribution < -0.4 is 0 Å². The number of carbonyl (C=O) groups excluding carboxylic acids is 2. The maximum absolute atomic E-state index is 12.5. The van der Waals surface area contributed by atoms with Gasteiger partial charge in [-0.1, -0.05) is 6.07 Å². The van der Waals surface area contributed by atoms with Gasteiger partial charge in [0.1, 0.15) is 0 Å². The molecule has 1 amide bonds. The molecule has 0 radical (unpaired) electrons. The van der Waals surface area contributed by atoms with Gasteiger partial charge in [0.05, 0.1) is 28.7 Å². The number of hydrogen-bond donors (Lipinski definition) is 0. The average molecular weight is 362 g/mol. The minimum absolute atomic E-state index is 0.0204. The van der Waals surface area contributed by atoms with E-state index < -0.39 is 22.4 Å². The highest BCUT2D eigenvalue weighted by molar-refractivity contribution is 7.91. The van der Waals surface area contributed by atoms with Crippen LogP contribution in [0.2, 0.25) is 0 Å². The Hall–Kier alpha value is -2.40. The zero-order valence-electron chi connectivity index (χ0n) is 13.6. The maximum Gasteiger partial charge on any atom is 0.338 e. The minimum Gasteiger partial charge on any atom is -0.452 e. The van der Waals surface area contributed by atoms with Crippen molar-refractivity contribution in [1.29, 1.82) is 5.26 Å². The van der Waals surface area contributed by atoms with Crippen LogP contribution in [0.5, 0.6) is 0 Å². The van der Waals surface area contributed by atoms with Crippen LogP contribution in [0.3, 0.4) is 0 Å². The first-order valence-electron chi connectivity index (χ1n) is 8.08. The summed E-state index contributed by atoms with van der Waals surface area (Å²) >= 11 is 0. The quantitative estimate of drug-likeness (QED) is 0.721. The highest BCUT2D eigenvalue weighted by Gasteiger charge is 2.42. The van der Waals surface area contributed by atoms with Crippen molar-refractivity contribution in [3.8, 4) is 6.07 Å². The van der Waals surface area contributed by atoms with Crippen LogP contribution in [0.1, 0.15) is 35.2 Å². The van der Waals surface area contributed by atoms with Crippen molar-refractivity contribution >= 4 is 21.7 Å². The van der Waals surface area contributed by atoms with Crippen LogP contribution in [-0.4, -0.2) is 55.4 Å². The summed E-state index contributed by atoms with van der Waals surface area (Å²) in [5.41, 5.74) is 0.532. The molecule has 1 heterocycles. The lowest BCUT2D eigenvalue weighted by molar-refractivity contribution is -0.137. The van der Waals surface area contributed by atoms with E-state index in [9.17, 15) is 18.0 Å². The standard InChI is InChI=1S/C17H18N2O5S/c18-9-12-2-1-3-13(8-12)17(21)24-10-16(20)19(14-4-5-14)15-6-7-25(22,23)11-15/h1-3,8,14-15H,4-7,10-11H2/t15-/m0/s1. The largest absolute Gasteiger partial charge is 0.452 e. The summed E-state index contributed by atoms with van der Waals surface area (Å²) < 4.78 is 28.4. The van der Waals surface area contributed by atoms with Gasteiger partial charge in [-0.2, -0.15) is 5.26 Å². The van der Waals surface area contributed by atoms with Gasteiger partial charge in [0.25, 0.3) is 5.91 Å². The van der Waals surface area contributed by atoms with Crippen LogP contribution in [0.15, 0.2) is 24.3 Å². The van der Waals surface area contributed by atoms with Gasteiger partial charge in [0.15, 0.2) is 16.4 Å². The van der Waals surface area contributed by atoms with Gasteiger partial charge < -0.3 is 9.64 Å². The van der Waals surface area contributed by atoms with Crippen molar-refractivity contribution < 1.29 is 22.7 Å². The molecule has 0 spiro atoms. The lowest BCUT2D eigenvalue weighted by Crippen LogP contribution is -2.44. The molecule has 2 fully saturated rings. The predicted molar refractivity (Wildman–Crippen MR) is 88.4 cm³/mol. The SMILES string of the molecule is N#Cc1cccc(C(=O)OCC(=O)N(C2CC2)[C@H]2CCS(=O)(=O)C2)c1. The fourth-order valence-corrected chi connectivity index (χ4v) is 4.77.